The lowest BCUT2D eigenvalue weighted by molar-refractivity contribution is 0.0236. The van der Waals surface area contributed by atoms with Gasteiger partial charge in [0.1, 0.15) is 5.75 Å². The maximum Gasteiger partial charge on any atom is 0.118 e. The van der Waals surface area contributed by atoms with Gasteiger partial charge in [0.2, 0.25) is 0 Å². The third-order valence-electron chi connectivity index (χ3n) is 3.28. The van der Waals surface area contributed by atoms with Gasteiger partial charge in [0.15, 0.2) is 0 Å². The lowest BCUT2D eigenvalue weighted by Gasteiger charge is -2.23. The molecule has 2 nitrogen and oxygen atoms in total. The molecule has 1 aromatic rings. The van der Waals surface area contributed by atoms with Crippen molar-refractivity contribution >= 4 is 0 Å². The second kappa shape index (κ2) is 5.87. The highest BCUT2D eigenvalue weighted by molar-refractivity contribution is 5.26. The molecule has 17 heavy (non-hydrogen) atoms. The van der Waals surface area contributed by atoms with Gasteiger partial charge in [0, 0.05) is 0 Å². The van der Waals surface area contributed by atoms with E-state index in [-0.39, 0.29) is 0 Å². The zero-order valence-electron chi connectivity index (χ0n) is 10.4. The van der Waals surface area contributed by atoms with Crippen LogP contribution >= 0.6 is 0 Å². The van der Waals surface area contributed by atoms with Gasteiger partial charge in [-0.2, -0.15) is 0 Å². The molecule has 0 radical (unpaired) electrons. The number of benzene rings is 1. The van der Waals surface area contributed by atoms with Gasteiger partial charge in [-0.1, -0.05) is 24.3 Å². The molecular weight excluding hydrogens is 212 g/mol. The molecule has 0 saturated heterocycles. The van der Waals surface area contributed by atoms with Crippen molar-refractivity contribution < 1.29 is 9.47 Å². The molecule has 0 spiro atoms. The molecule has 2 heteroatoms. The number of hydrogen-bond donors (Lipinski definition) is 0. The second-order valence-electron chi connectivity index (χ2n) is 4.61. The van der Waals surface area contributed by atoms with Gasteiger partial charge >= 0.3 is 0 Å². The van der Waals surface area contributed by atoms with Crippen LogP contribution in [0.4, 0.5) is 0 Å². The quantitative estimate of drug-likeness (QED) is 0.737. The summed E-state index contributed by atoms with van der Waals surface area (Å²) in [5.41, 5.74) is 2.57. The van der Waals surface area contributed by atoms with Crippen molar-refractivity contribution in [3.8, 4) is 5.75 Å². The maximum atomic E-state index is 5.91. The number of methoxy groups -OCH3 is 1. The van der Waals surface area contributed by atoms with Crippen LogP contribution in [0.3, 0.4) is 0 Å². The van der Waals surface area contributed by atoms with Crippen molar-refractivity contribution in [3.05, 3.63) is 42.0 Å². The highest BCUT2D eigenvalue weighted by Crippen LogP contribution is 2.25. The normalized spacial score (nSPS) is 17.1. The predicted molar refractivity (Wildman–Crippen MR) is 69.2 cm³/mol. The van der Waals surface area contributed by atoms with Crippen LogP contribution in [0.1, 0.15) is 31.2 Å². The molecule has 0 N–H and O–H groups in total. The van der Waals surface area contributed by atoms with Crippen LogP contribution in [0, 0.1) is 0 Å². The Bertz CT molecular complexity index is 357. The summed E-state index contributed by atoms with van der Waals surface area (Å²) in [5, 5.41) is 0. The Morgan fingerprint density at radius 3 is 2.41 bits per heavy atom. The Labute approximate surface area is 103 Å². The summed E-state index contributed by atoms with van der Waals surface area (Å²) >= 11 is 0. The molecule has 0 atom stereocenters. The molecule has 92 valence electrons. The Kier molecular flexibility index (Phi) is 4.21. The minimum absolute atomic E-state index is 0.405. The summed E-state index contributed by atoms with van der Waals surface area (Å²) in [5.74, 6) is 0.891. The summed E-state index contributed by atoms with van der Waals surface area (Å²) in [6.45, 7) is 4.71. The predicted octanol–water partition coefficient (Wildman–Crippen LogP) is 3.71. The number of rotatable bonds is 4. The van der Waals surface area contributed by atoms with Crippen LogP contribution in [-0.4, -0.2) is 13.2 Å². The van der Waals surface area contributed by atoms with E-state index in [1.165, 1.54) is 11.1 Å². The number of allylic oxidation sites excluding steroid dienone is 1. The Hall–Kier alpha value is -1.28. The fraction of sp³-hybridized carbons (Fsp3) is 0.467. The van der Waals surface area contributed by atoms with Crippen LogP contribution in [0.2, 0.25) is 0 Å². The monoisotopic (exact) mass is 232 g/mol. The largest absolute Gasteiger partial charge is 0.497 e. The van der Waals surface area contributed by atoms with Crippen LogP contribution < -0.4 is 4.74 Å². The maximum absolute atomic E-state index is 5.91. The van der Waals surface area contributed by atoms with Crippen molar-refractivity contribution in [2.75, 3.05) is 7.11 Å². The topological polar surface area (TPSA) is 18.5 Å². The minimum Gasteiger partial charge on any atom is -0.497 e. The fourth-order valence-corrected chi connectivity index (χ4v) is 2.10. The molecule has 1 fully saturated rings. The summed E-state index contributed by atoms with van der Waals surface area (Å²) < 4.78 is 11.0. The molecular formula is C15H20O2. The van der Waals surface area contributed by atoms with Gasteiger partial charge < -0.3 is 9.47 Å². The third-order valence-corrected chi connectivity index (χ3v) is 3.28. The summed E-state index contributed by atoms with van der Waals surface area (Å²) in [7, 11) is 1.68. The molecule has 0 aliphatic heterocycles. The minimum atomic E-state index is 0.405. The lowest BCUT2D eigenvalue weighted by Crippen LogP contribution is -2.17. The molecule has 1 saturated carbocycles. The molecule has 0 aromatic heterocycles. The summed E-state index contributed by atoms with van der Waals surface area (Å²) in [6, 6.07) is 8.06. The Morgan fingerprint density at radius 2 is 1.82 bits per heavy atom. The third kappa shape index (κ3) is 3.60. The lowest BCUT2D eigenvalue weighted by atomic mass is 9.94. The van der Waals surface area contributed by atoms with E-state index in [1.54, 1.807) is 7.11 Å². The number of hydrogen-bond acceptors (Lipinski definition) is 2. The van der Waals surface area contributed by atoms with E-state index in [2.05, 4.69) is 18.7 Å². The van der Waals surface area contributed by atoms with Crippen LogP contribution in [0.15, 0.2) is 36.4 Å². The Morgan fingerprint density at radius 1 is 1.18 bits per heavy atom. The summed E-state index contributed by atoms with van der Waals surface area (Å²) in [4.78, 5) is 0. The van der Waals surface area contributed by atoms with Crippen molar-refractivity contribution in [3.63, 3.8) is 0 Å². The van der Waals surface area contributed by atoms with Gasteiger partial charge in [-0.15, -0.1) is 0 Å². The van der Waals surface area contributed by atoms with E-state index < -0.39 is 0 Å². The molecule has 2 rings (SSSR count). The van der Waals surface area contributed by atoms with Crippen molar-refractivity contribution in [1.29, 1.82) is 0 Å². The highest BCUT2D eigenvalue weighted by atomic mass is 16.5. The van der Waals surface area contributed by atoms with Gasteiger partial charge in [-0.05, 0) is 43.4 Å². The standard InChI is InChI=1S/C15H20O2/c1-12-3-7-15(8-4-12)17-11-13-5-9-14(16-2)10-6-13/h5-6,9-10,15H,1,3-4,7-8,11H2,2H3. The van der Waals surface area contributed by atoms with Crippen molar-refractivity contribution in [2.45, 2.75) is 38.4 Å². The van der Waals surface area contributed by atoms with Crippen molar-refractivity contribution in [1.82, 2.24) is 0 Å². The fourth-order valence-electron chi connectivity index (χ4n) is 2.10. The highest BCUT2D eigenvalue weighted by Gasteiger charge is 2.15. The average molecular weight is 232 g/mol. The van der Waals surface area contributed by atoms with Crippen LogP contribution in [0.5, 0.6) is 5.75 Å². The van der Waals surface area contributed by atoms with Gasteiger partial charge in [0.05, 0.1) is 19.8 Å². The zero-order chi connectivity index (χ0) is 12.1. The summed E-state index contributed by atoms with van der Waals surface area (Å²) in [6.07, 6.45) is 4.88. The Balaban J connectivity index is 1.79. The molecule has 0 bridgehead atoms. The van der Waals surface area contributed by atoms with E-state index >= 15 is 0 Å². The first-order chi connectivity index (χ1) is 8.28. The first kappa shape index (κ1) is 12.2. The van der Waals surface area contributed by atoms with Gasteiger partial charge in [-0.25, -0.2) is 0 Å². The van der Waals surface area contributed by atoms with Gasteiger partial charge in [0.25, 0.3) is 0 Å². The SMILES string of the molecule is C=C1CCC(OCc2ccc(OC)cc2)CC1. The zero-order valence-corrected chi connectivity index (χ0v) is 10.4. The van der Waals surface area contributed by atoms with E-state index in [1.807, 2.05) is 12.1 Å². The first-order valence-electron chi connectivity index (χ1n) is 6.19. The average Bonchev–Trinajstić information content (AvgIpc) is 2.39. The molecule has 1 aromatic carbocycles. The second-order valence-corrected chi connectivity index (χ2v) is 4.61. The van der Waals surface area contributed by atoms with Crippen LogP contribution in [0.25, 0.3) is 0 Å². The molecule has 1 aliphatic rings. The molecule has 0 unspecified atom stereocenters. The van der Waals surface area contributed by atoms with Crippen LogP contribution in [-0.2, 0) is 11.3 Å². The number of ether oxygens (including phenoxy) is 2. The first-order valence-corrected chi connectivity index (χ1v) is 6.19. The van der Waals surface area contributed by atoms with Gasteiger partial charge in [-0.3, -0.25) is 0 Å². The van der Waals surface area contributed by atoms with E-state index in [9.17, 15) is 0 Å². The van der Waals surface area contributed by atoms with E-state index in [0.29, 0.717) is 12.7 Å². The molecule has 1 aliphatic carbocycles. The smallest absolute Gasteiger partial charge is 0.118 e. The molecule has 0 heterocycles. The van der Waals surface area contributed by atoms with E-state index in [4.69, 9.17) is 9.47 Å². The molecule has 0 amide bonds. The van der Waals surface area contributed by atoms with E-state index in [0.717, 1.165) is 31.4 Å². The van der Waals surface area contributed by atoms with Crippen molar-refractivity contribution in [2.24, 2.45) is 0 Å².